The molecule has 8 nitrogen and oxygen atoms in total. The van der Waals surface area contributed by atoms with Gasteiger partial charge in [-0.3, -0.25) is 9.78 Å². The number of carbonyl (C=O) groups excluding carboxylic acids is 1. The first-order valence-corrected chi connectivity index (χ1v) is 10.8. The second-order valence-corrected chi connectivity index (χ2v) is 8.94. The van der Waals surface area contributed by atoms with Crippen molar-refractivity contribution >= 4 is 17.2 Å². The van der Waals surface area contributed by atoms with Crippen LogP contribution in [0.15, 0.2) is 30.9 Å². The highest BCUT2D eigenvalue weighted by Gasteiger charge is 2.28. The van der Waals surface area contributed by atoms with Gasteiger partial charge in [0.2, 0.25) is 0 Å². The number of alkyl halides is 1. The van der Waals surface area contributed by atoms with Crippen LogP contribution in [0.2, 0.25) is 0 Å². The Labute approximate surface area is 187 Å². The van der Waals surface area contributed by atoms with Crippen molar-refractivity contribution in [3.63, 3.8) is 0 Å². The predicted molar refractivity (Wildman–Crippen MR) is 122 cm³/mol. The number of nitrogens with zero attached hydrogens (tertiary/aromatic N) is 3. The van der Waals surface area contributed by atoms with Crippen LogP contribution in [0.1, 0.15) is 73.9 Å². The lowest BCUT2D eigenvalue weighted by atomic mass is 10.0. The van der Waals surface area contributed by atoms with Gasteiger partial charge in [0.15, 0.2) is 5.82 Å². The zero-order chi connectivity index (χ0) is 23.5. The van der Waals surface area contributed by atoms with E-state index in [0.29, 0.717) is 28.7 Å². The summed E-state index contributed by atoms with van der Waals surface area (Å²) in [7, 11) is 0. The van der Waals surface area contributed by atoms with Gasteiger partial charge in [-0.1, -0.05) is 0 Å². The fourth-order valence-electron chi connectivity index (χ4n) is 3.12. The smallest absolute Gasteiger partial charge is 0.255 e. The van der Waals surface area contributed by atoms with E-state index < -0.39 is 17.7 Å². The number of pyridine rings is 1. The molecule has 1 fully saturated rings. The molecule has 32 heavy (non-hydrogen) atoms. The molecule has 2 aromatic heterocycles. The Hall–Kier alpha value is -3.07. The minimum absolute atomic E-state index is 0.0291. The van der Waals surface area contributed by atoms with Crippen LogP contribution >= 0.6 is 0 Å². The second kappa shape index (κ2) is 9.60. The molecular formula is C23H31FN6O2. The number of nitrogens with two attached hydrogens (primary N) is 1. The number of halogens is 1. The van der Waals surface area contributed by atoms with E-state index in [2.05, 4.69) is 25.6 Å². The van der Waals surface area contributed by atoms with Gasteiger partial charge in [-0.25, -0.2) is 14.4 Å². The topological polar surface area (TPSA) is 126 Å². The minimum atomic E-state index is -1.61. The summed E-state index contributed by atoms with van der Waals surface area (Å²) in [6.45, 7) is 6.26. The second-order valence-electron chi connectivity index (χ2n) is 8.94. The summed E-state index contributed by atoms with van der Waals surface area (Å²) in [6.07, 6.45) is 7.15. The number of anilines is 1. The van der Waals surface area contributed by atoms with Crippen LogP contribution in [0.3, 0.4) is 0 Å². The molecule has 2 heterocycles. The Kier molecular flexibility index (Phi) is 7.08. The predicted octanol–water partition coefficient (Wildman–Crippen LogP) is 2.76. The standard InChI is InChI=1S/C23H31FN6O2/c1-13(2)30-19-7-18(16(8-25)21-27-9-15(10-28-21)14-5-6-14)26-11-17(19)22(31)29-12-20(24)23(3,4)32/h7-11,13-14,20,32H,5-6,12,25H2,1-4H3,(H,26,30)(H,29,31). The summed E-state index contributed by atoms with van der Waals surface area (Å²) >= 11 is 0. The van der Waals surface area contributed by atoms with Crippen molar-refractivity contribution in [3.05, 3.63) is 53.5 Å². The van der Waals surface area contributed by atoms with E-state index >= 15 is 0 Å². The molecule has 1 amide bonds. The van der Waals surface area contributed by atoms with Gasteiger partial charge in [0.1, 0.15) is 6.17 Å². The van der Waals surface area contributed by atoms with Crippen molar-refractivity contribution in [2.24, 2.45) is 5.73 Å². The number of rotatable bonds is 9. The summed E-state index contributed by atoms with van der Waals surface area (Å²) < 4.78 is 14.1. The third-order valence-corrected chi connectivity index (χ3v) is 5.21. The third-order valence-electron chi connectivity index (χ3n) is 5.21. The van der Waals surface area contributed by atoms with Crippen LogP contribution in [-0.2, 0) is 0 Å². The molecule has 172 valence electrons. The summed E-state index contributed by atoms with van der Waals surface area (Å²) in [5.74, 6) is 0.498. The van der Waals surface area contributed by atoms with Crippen molar-refractivity contribution in [3.8, 4) is 0 Å². The molecule has 0 aliphatic heterocycles. The van der Waals surface area contributed by atoms with Crippen LogP contribution < -0.4 is 16.4 Å². The average Bonchev–Trinajstić information content (AvgIpc) is 3.57. The molecule has 1 saturated carbocycles. The Morgan fingerprint density at radius 3 is 2.47 bits per heavy atom. The highest BCUT2D eigenvalue weighted by molar-refractivity contribution is 6.00. The fourth-order valence-corrected chi connectivity index (χ4v) is 3.12. The number of hydrogen-bond donors (Lipinski definition) is 4. The minimum Gasteiger partial charge on any atom is -0.404 e. The number of nitrogens with one attached hydrogen (secondary N) is 2. The number of aromatic nitrogens is 3. The lowest BCUT2D eigenvalue weighted by molar-refractivity contribution is -0.00177. The molecule has 0 saturated heterocycles. The van der Waals surface area contributed by atoms with Gasteiger partial charge in [0.25, 0.3) is 5.91 Å². The zero-order valence-corrected chi connectivity index (χ0v) is 18.9. The van der Waals surface area contributed by atoms with Gasteiger partial charge in [-0.05, 0) is 58.1 Å². The quantitative estimate of drug-likeness (QED) is 0.470. The maximum atomic E-state index is 14.1. The maximum Gasteiger partial charge on any atom is 0.255 e. The number of aliphatic hydroxyl groups is 1. The molecule has 0 spiro atoms. The average molecular weight is 443 g/mol. The van der Waals surface area contributed by atoms with E-state index in [1.165, 1.54) is 26.2 Å². The zero-order valence-electron chi connectivity index (χ0n) is 18.9. The first-order chi connectivity index (χ1) is 15.1. The maximum absolute atomic E-state index is 14.1. The highest BCUT2D eigenvalue weighted by Crippen LogP contribution is 2.39. The van der Waals surface area contributed by atoms with E-state index in [1.54, 1.807) is 6.07 Å². The van der Waals surface area contributed by atoms with Gasteiger partial charge < -0.3 is 21.5 Å². The lowest BCUT2D eigenvalue weighted by Gasteiger charge is -2.23. The number of hydrogen-bond acceptors (Lipinski definition) is 7. The van der Waals surface area contributed by atoms with Crippen LogP contribution in [0.4, 0.5) is 10.1 Å². The first kappa shape index (κ1) is 23.6. The molecule has 0 radical (unpaired) electrons. The van der Waals surface area contributed by atoms with Crippen molar-refractivity contribution in [1.29, 1.82) is 0 Å². The Morgan fingerprint density at radius 1 is 1.28 bits per heavy atom. The van der Waals surface area contributed by atoms with Crippen LogP contribution in [-0.4, -0.2) is 50.3 Å². The van der Waals surface area contributed by atoms with E-state index in [9.17, 15) is 14.3 Å². The molecular weight excluding hydrogens is 411 g/mol. The Morgan fingerprint density at radius 2 is 1.94 bits per heavy atom. The van der Waals surface area contributed by atoms with E-state index in [-0.39, 0.29) is 18.2 Å². The molecule has 1 aliphatic carbocycles. The summed E-state index contributed by atoms with van der Waals surface area (Å²) in [4.78, 5) is 26.0. The SMILES string of the molecule is CC(C)Nc1cc(C(=CN)c2ncc(C3CC3)cn2)ncc1C(=O)NCC(F)C(C)(C)O. The molecule has 9 heteroatoms. The van der Waals surface area contributed by atoms with Crippen LogP contribution in [0.5, 0.6) is 0 Å². The normalized spacial score (nSPS) is 15.5. The molecule has 5 N–H and O–H groups in total. The van der Waals surface area contributed by atoms with Gasteiger partial charge in [-0.15, -0.1) is 0 Å². The summed E-state index contributed by atoms with van der Waals surface area (Å²) in [6, 6.07) is 1.73. The van der Waals surface area contributed by atoms with Gasteiger partial charge >= 0.3 is 0 Å². The van der Waals surface area contributed by atoms with Crippen LogP contribution in [0.25, 0.3) is 5.57 Å². The summed E-state index contributed by atoms with van der Waals surface area (Å²) in [5, 5.41) is 15.5. The highest BCUT2D eigenvalue weighted by atomic mass is 19.1. The molecule has 0 aromatic carbocycles. The van der Waals surface area contributed by atoms with Crippen molar-refractivity contribution in [2.75, 3.05) is 11.9 Å². The Balaban J connectivity index is 1.85. The van der Waals surface area contributed by atoms with E-state index in [1.807, 2.05) is 26.2 Å². The molecule has 0 bridgehead atoms. The molecule has 3 rings (SSSR count). The monoisotopic (exact) mass is 442 g/mol. The Bertz CT molecular complexity index is 981. The third kappa shape index (κ3) is 5.79. The van der Waals surface area contributed by atoms with Crippen molar-refractivity contribution < 1.29 is 14.3 Å². The first-order valence-electron chi connectivity index (χ1n) is 10.8. The number of amides is 1. The van der Waals surface area contributed by atoms with E-state index in [0.717, 1.165) is 18.4 Å². The molecule has 1 atom stereocenters. The molecule has 2 aromatic rings. The molecule has 1 aliphatic rings. The van der Waals surface area contributed by atoms with E-state index in [4.69, 9.17) is 5.73 Å². The lowest BCUT2D eigenvalue weighted by Crippen LogP contribution is -2.42. The van der Waals surface area contributed by atoms with Crippen LogP contribution in [0, 0.1) is 0 Å². The van der Waals surface area contributed by atoms with Gasteiger partial charge in [0.05, 0.1) is 34.7 Å². The fraction of sp³-hybridized carbons (Fsp3) is 0.478. The molecule has 1 unspecified atom stereocenters. The van der Waals surface area contributed by atoms with Crippen molar-refractivity contribution in [2.45, 2.75) is 64.3 Å². The van der Waals surface area contributed by atoms with Gasteiger partial charge in [0, 0.05) is 30.8 Å². The van der Waals surface area contributed by atoms with Crippen molar-refractivity contribution in [1.82, 2.24) is 20.3 Å². The van der Waals surface area contributed by atoms with Gasteiger partial charge in [-0.2, -0.15) is 0 Å². The number of carbonyl (C=O) groups is 1. The summed E-state index contributed by atoms with van der Waals surface area (Å²) in [5.41, 5.74) is 7.26. The largest absolute Gasteiger partial charge is 0.404 e.